The van der Waals surface area contributed by atoms with Crippen LogP contribution in [0.2, 0.25) is 0 Å². The van der Waals surface area contributed by atoms with Crippen molar-refractivity contribution in [3.05, 3.63) is 0 Å². The molecule has 0 aromatic carbocycles. The molecule has 2 atom stereocenters. The lowest BCUT2D eigenvalue weighted by Crippen LogP contribution is -2.48. The third kappa shape index (κ3) is 3.80. The molecule has 0 aromatic heterocycles. The van der Waals surface area contributed by atoms with Gasteiger partial charge in [-0.25, -0.2) is 0 Å². The Labute approximate surface area is 91.0 Å². The highest BCUT2D eigenvalue weighted by molar-refractivity contribution is 5.73. The monoisotopic (exact) mass is 215 g/mol. The summed E-state index contributed by atoms with van der Waals surface area (Å²) in [7, 11) is 0. The van der Waals surface area contributed by atoms with Crippen LogP contribution in [0.1, 0.15) is 33.1 Å². The molecule has 0 aromatic rings. The van der Waals surface area contributed by atoms with Crippen LogP contribution in [0.3, 0.4) is 0 Å². The third-order valence-electron chi connectivity index (χ3n) is 3.08. The van der Waals surface area contributed by atoms with E-state index in [4.69, 9.17) is 9.84 Å². The Kier molecular flexibility index (Phi) is 5.05. The fourth-order valence-electron chi connectivity index (χ4n) is 1.88. The first-order valence-corrected chi connectivity index (χ1v) is 5.71. The lowest BCUT2D eigenvalue weighted by atomic mass is 9.91. The Morgan fingerprint density at radius 3 is 2.60 bits per heavy atom. The van der Waals surface area contributed by atoms with Gasteiger partial charge in [-0.05, 0) is 32.1 Å². The van der Waals surface area contributed by atoms with E-state index in [-0.39, 0.29) is 12.0 Å². The number of carboxylic acid groups (broad SMARTS) is 1. The molecule has 2 N–H and O–H groups in total. The minimum Gasteiger partial charge on any atom is -0.480 e. The largest absolute Gasteiger partial charge is 0.480 e. The predicted octanol–water partition coefficient (Wildman–Crippen LogP) is 1.25. The molecule has 0 saturated carbocycles. The van der Waals surface area contributed by atoms with Gasteiger partial charge in [-0.2, -0.15) is 0 Å². The van der Waals surface area contributed by atoms with Gasteiger partial charge in [-0.3, -0.25) is 4.79 Å². The quantitative estimate of drug-likeness (QED) is 0.724. The topological polar surface area (TPSA) is 58.6 Å². The van der Waals surface area contributed by atoms with E-state index in [0.29, 0.717) is 13.2 Å². The second-order valence-corrected chi connectivity index (χ2v) is 4.24. The lowest BCUT2D eigenvalue weighted by molar-refractivity contribution is -0.142. The maximum Gasteiger partial charge on any atom is 0.320 e. The second-order valence-electron chi connectivity index (χ2n) is 4.24. The molecule has 0 radical (unpaired) electrons. The summed E-state index contributed by atoms with van der Waals surface area (Å²) in [4.78, 5) is 11.1. The zero-order valence-corrected chi connectivity index (χ0v) is 9.53. The van der Waals surface area contributed by atoms with E-state index < -0.39 is 12.0 Å². The van der Waals surface area contributed by atoms with Crippen molar-refractivity contribution in [1.82, 2.24) is 5.32 Å². The zero-order valence-electron chi connectivity index (χ0n) is 9.53. The Hall–Kier alpha value is -0.610. The van der Waals surface area contributed by atoms with Crippen molar-refractivity contribution in [3.63, 3.8) is 0 Å². The van der Waals surface area contributed by atoms with Gasteiger partial charge in [0.25, 0.3) is 0 Å². The van der Waals surface area contributed by atoms with E-state index >= 15 is 0 Å². The van der Waals surface area contributed by atoms with Gasteiger partial charge in [0.05, 0.1) is 0 Å². The summed E-state index contributed by atoms with van der Waals surface area (Å²) in [5, 5.41) is 12.3. The Balaban J connectivity index is 2.51. The summed E-state index contributed by atoms with van der Waals surface area (Å²) in [5.74, 6) is -0.521. The van der Waals surface area contributed by atoms with Crippen LogP contribution < -0.4 is 5.32 Å². The van der Waals surface area contributed by atoms with Crippen molar-refractivity contribution < 1.29 is 14.6 Å². The molecule has 15 heavy (non-hydrogen) atoms. The van der Waals surface area contributed by atoms with Crippen molar-refractivity contribution >= 4 is 5.97 Å². The molecule has 1 fully saturated rings. The third-order valence-corrected chi connectivity index (χ3v) is 3.08. The fourth-order valence-corrected chi connectivity index (χ4v) is 1.88. The van der Waals surface area contributed by atoms with Crippen LogP contribution in [0.15, 0.2) is 0 Å². The van der Waals surface area contributed by atoms with Gasteiger partial charge in [0, 0.05) is 19.3 Å². The molecule has 1 heterocycles. The highest BCUT2D eigenvalue weighted by Crippen LogP contribution is 2.19. The molecule has 0 bridgehead atoms. The standard InChI is InChI=1S/C11H21NO3/c1-3-8(2)12-10(11(13)14)9-4-6-15-7-5-9/h8-10,12H,3-7H2,1-2H3,(H,13,14). The highest BCUT2D eigenvalue weighted by atomic mass is 16.5. The lowest BCUT2D eigenvalue weighted by Gasteiger charge is -2.30. The van der Waals surface area contributed by atoms with Gasteiger partial charge in [-0.15, -0.1) is 0 Å². The maximum absolute atomic E-state index is 11.1. The number of hydrogen-bond acceptors (Lipinski definition) is 3. The van der Waals surface area contributed by atoms with Crippen LogP contribution in [0, 0.1) is 5.92 Å². The second kappa shape index (κ2) is 6.08. The molecule has 1 aliphatic heterocycles. The summed E-state index contributed by atoms with van der Waals surface area (Å²) in [6.07, 6.45) is 2.65. The molecule has 0 amide bonds. The molecule has 2 unspecified atom stereocenters. The Morgan fingerprint density at radius 2 is 2.13 bits per heavy atom. The molecule has 1 saturated heterocycles. The number of carbonyl (C=O) groups is 1. The predicted molar refractivity (Wildman–Crippen MR) is 57.9 cm³/mol. The highest BCUT2D eigenvalue weighted by Gasteiger charge is 2.30. The first-order chi connectivity index (χ1) is 7.15. The zero-order chi connectivity index (χ0) is 11.3. The average molecular weight is 215 g/mol. The number of ether oxygens (including phenoxy) is 1. The summed E-state index contributed by atoms with van der Waals surface area (Å²) in [6.45, 7) is 5.46. The number of nitrogens with one attached hydrogen (secondary N) is 1. The van der Waals surface area contributed by atoms with Gasteiger partial charge < -0.3 is 15.2 Å². The number of rotatable bonds is 5. The van der Waals surface area contributed by atoms with Gasteiger partial charge in [0.15, 0.2) is 0 Å². The van der Waals surface area contributed by atoms with Crippen LogP contribution >= 0.6 is 0 Å². The van der Waals surface area contributed by atoms with Gasteiger partial charge in [0.1, 0.15) is 6.04 Å². The SMILES string of the molecule is CCC(C)NC(C(=O)O)C1CCOCC1. The minimum atomic E-state index is -0.734. The van der Waals surface area contributed by atoms with Gasteiger partial charge in [0.2, 0.25) is 0 Å². The van der Waals surface area contributed by atoms with Crippen molar-refractivity contribution in [2.75, 3.05) is 13.2 Å². The maximum atomic E-state index is 11.1. The molecule has 0 aliphatic carbocycles. The van der Waals surface area contributed by atoms with E-state index in [1.165, 1.54) is 0 Å². The van der Waals surface area contributed by atoms with Crippen LogP contribution in [0.25, 0.3) is 0 Å². The van der Waals surface area contributed by atoms with Crippen molar-refractivity contribution in [2.24, 2.45) is 5.92 Å². The summed E-state index contributed by atoms with van der Waals surface area (Å²) in [5.41, 5.74) is 0. The summed E-state index contributed by atoms with van der Waals surface area (Å²) >= 11 is 0. The van der Waals surface area contributed by atoms with Gasteiger partial charge >= 0.3 is 5.97 Å². The summed E-state index contributed by atoms with van der Waals surface area (Å²) < 4.78 is 5.24. The average Bonchev–Trinajstić information content (AvgIpc) is 2.26. The molecular formula is C11H21NO3. The molecular weight excluding hydrogens is 194 g/mol. The van der Waals surface area contributed by atoms with Crippen LogP contribution in [0.4, 0.5) is 0 Å². The first kappa shape index (κ1) is 12.5. The molecule has 1 aliphatic rings. The van der Waals surface area contributed by atoms with E-state index in [0.717, 1.165) is 19.3 Å². The van der Waals surface area contributed by atoms with Crippen LogP contribution in [0.5, 0.6) is 0 Å². The molecule has 88 valence electrons. The molecule has 1 rings (SSSR count). The molecule has 4 heteroatoms. The van der Waals surface area contributed by atoms with Crippen molar-refractivity contribution in [2.45, 2.75) is 45.2 Å². The van der Waals surface area contributed by atoms with E-state index in [1.807, 2.05) is 6.92 Å². The smallest absolute Gasteiger partial charge is 0.320 e. The van der Waals surface area contributed by atoms with Crippen LogP contribution in [-0.2, 0) is 9.53 Å². The fraction of sp³-hybridized carbons (Fsp3) is 0.909. The van der Waals surface area contributed by atoms with E-state index in [2.05, 4.69) is 12.2 Å². The first-order valence-electron chi connectivity index (χ1n) is 5.71. The van der Waals surface area contributed by atoms with Crippen molar-refractivity contribution in [1.29, 1.82) is 0 Å². The van der Waals surface area contributed by atoms with Crippen molar-refractivity contribution in [3.8, 4) is 0 Å². The summed E-state index contributed by atoms with van der Waals surface area (Å²) in [6, 6.07) is -0.155. The molecule has 0 spiro atoms. The number of aliphatic carboxylic acids is 1. The number of hydrogen-bond donors (Lipinski definition) is 2. The van der Waals surface area contributed by atoms with Crippen LogP contribution in [-0.4, -0.2) is 36.4 Å². The van der Waals surface area contributed by atoms with E-state index in [1.54, 1.807) is 0 Å². The normalized spacial score (nSPS) is 22.3. The van der Waals surface area contributed by atoms with E-state index in [9.17, 15) is 4.79 Å². The Morgan fingerprint density at radius 1 is 1.53 bits per heavy atom. The van der Waals surface area contributed by atoms with Gasteiger partial charge in [-0.1, -0.05) is 6.92 Å². The Bertz CT molecular complexity index is 202. The minimum absolute atomic E-state index is 0.213. The molecule has 4 nitrogen and oxygen atoms in total. The number of carboxylic acids is 1.